The predicted molar refractivity (Wildman–Crippen MR) is 83.0 cm³/mol. The van der Waals surface area contributed by atoms with E-state index in [9.17, 15) is 19.2 Å². The van der Waals surface area contributed by atoms with Gasteiger partial charge in [0.1, 0.15) is 6.04 Å². The molecule has 1 heterocycles. The van der Waals surface area contributed by atoms with Crippen LogP contribution in [0, 0.1) is 0 Å². The normalized spacial score (nSPS) is 17.3. The smallest absolute Gasteiger partial charge is 0.252 e. The molecule has 1 aromatic rings. The van der Waals surface area contributed by atoms with Gasteiger partial charge in [0.2, 0.25) is 11.8 Å². The van der Waals surface area contributed by atoms with Gasteiger partial charge >= 0.3 is 0 Å². The third kappa shape index (κ3) is 4.13. The van der Waals surface area contributed by atoms with Crippen molar-refractivity contribution in [2.24, 2.45) is 5.73 Å². The number of carbonyl (C=O) groups excluding carboxylic acids is 4. The molecule has 2 rings (SSSR count). The first-order valence-electron chi connectivity index (χ1n) is 7.23. The second-order valence-corrected chi connectivity index (χ2v) is 5.11. The Morgan fingerprint density at radius 1 is 1.39 bits per heavy atom. The molecule has 1 aromatic carbocycles. The fourth-order valence-electron chi connectivity index (χ4n) is 2.26. The first-order valence-corrected chi connectivity index (χ1v) is 7.23. The summed E-state index contributed by atoms with van der Waals surface area (Å²) in [6, 6.07) is 3.92. The highest BCUT2D eigenvalue weighted by atomic mass is 16.2. The Morgan fingerprint density at radius 2 is 2.17 bits per heavy atom. The van der Waals surface area contributed by atoms with Crippen molar-refractivity contribution >= 4 is 29.7 Å². The van der Waals surface area contributed by atoms with Crippen molar-refractivity contribution in [3.05, 3.63) is 29.3 Å². The van der Waals surface area contributed by atoms with Crippen LogP contribution >= 0.6 is 0 Å². The number of piperidine rings is 1. The van der Waals surface area contributed by atoms with E-state index in [4.69, 9.17) is 5.73 Å². The molecule has 5 N–H and O–H groups in total. The fraction of sp³-hybridized carbons (Fsp3) is 0.333. The molecule has 0 aliphatic carbocycles. The number of benzene rings is 1. The molecule has 1 aliphatic heterocycles. The largest absolute Gasteiger partial charge is 0.384 e. The third-order valence-electron chi connectivity index (χ3n) is 3.44. The molecule has 8 nitrogen and oxygen atoms in total. The zero-order valence-electron chi connectivity index (χ0n) is 12.4. The number of anilines is 1. The number of hydrogen-bond acceptors (Lipinski definition) is 6. The number of hydrogen-bond donors (Lipinski definition) is 4. The standard InChI is InChI=1S/C15H18N4O4/c16-5-6-17-10-1-2-11(9(7-10)8-20)14(22)18-12-3-4-13(21)19-15(12)23/h1-2,7-8,12,17H,3-6,16H2,(H,18,22)(H,19,21,23). The van der Waals surface area contributed by atoms with Gasteiger partial charge in [0.05, 0.1) is 0 Å². The van der Waals surface area contributed by atoms with Crippen LogP contribution in [0.25, 0.3) is 0 Å². The van der Waals surface area contributed by atoms with Crippen LogP contribution in [0.5, 0.6) is 0 Å². The Bertz CT molecular complexity index is 644. The zero-order chi connectivity index (χ0) is 16.8. The van der Waals surface area contributed by atoms with E-state index in [2.05, 4.69) is 16.0 Å². The van der Waals surface area contributed by atoms with Gasteiger partial charge in [0, 0.05) is 36.3 Å². The van der Waals surface area contributed by atoms with E-state index in [1.54, 1.807) is 12.1 Å². The van der Waals surface area contributed by atoms with Crippen LogP contribution in [0.4, 0.5) is 5.69 Å². The van der Waals surface area contributed by atoms with Gasteiger partial charge in [-0.15, -0.1) is 0 Å². The zero-order valence-corrected chi connectivity index (χ0v) is 12.4. The molecule has 0 aromatic heterocycles. The monoisotopic (exact) mass is 318 g/mol. The Balaban J connectivity index is 2.10. The summed E-state index contributed by atoms with van der Waals surface area (Å²) in [4.78, 5) is 46.2. The molecule has 1 saturated heterocycles. The number of imide groups is 1. The number of amides is 3. The summed E-state index contributed by atoms with van der Waals surface area (Å²) in [6.45, 7) is 0.980. The van der Waals surface area contributed by atoms with Crippen molar-refractivity contribution < 1.29 is 19.2 Å². The average Bonchev–Trinajstić information content (AvgIpc) is 2.55. The molecule has 0 radical (unpaired) electrons. The summed E-state index contributed by atoms with van der Waals surface area (Å²) < 4.78 is 0. The number of nitrogens with one attached hydrogen (secondary N) is 3. The van der Waals surface area contributed by atoms with Gasteiger partial charge < -0.3 is 16.4 Å². The molecular weight excluding hydrogens is 300 g/mol. The van der Waals surface area contributed by atoms with Gasteiger partial charge in [-0.3, -0.25) is 24.5 Å². The van der Waals surface area contributed by atoms with Crippen molar-refractivity contribution in [3.8, 4) is 0 Å². The quantitative estimate of drug-likeness (QED) is 0.409. The van der Waals surface area contributed by atoms with E-state index in [0.29, 0.717) is 25.1 Å². The van der Waals surface area contributed by atoms with Crippen molar-refractivity contribution in [2.75, 3.05) is 18.4 Å². The predicted octanol–water partition coefficient (Wildman–Crippen LogP) is -0.595. The van der Waals surface area contributed by atoms with Crippen LogP contribution in [-0.2, 0) is 9.59 Å². The van der Waals surface area contributed by atoms with Gasteiger partial charge in [0.25, 0.3) is 5.91 Å². The number of rotatable bonds is 6. The van der Waals surface area contributed by atoms with Gasteiger partial charge in [-0.25, -0.2) is 0 Å². The highest BCUT2D eigenvalue weighted by Crippen LogP contribution is 2.15. The van der Waals surface area contributed by atoms with Crippen molar-refractivity contribution in [1.29, 1.82) is 0 Å². The average molecular weight is 318 g/mol. The molecule has 1 fully saturated rings. The molecule has 1 aliphatic rings. The van der Waals surface area contributed by atoms with Crippen molar-refractivity contribution in [1.82, 2.24) is 10.6 Å². The van der Waals surface area contributed by atoms with Crippen molar-refractivity contribution in [2.45, 2.75) is 18.9 Å². The SMILES string of the molecule is NCCNc1ccc(C(=O)NC2CCC(=O)NC2=O)c(C=O)c1. The summed E-state index contributed by atoms with van der Waals surface area (Å²) in [5.74, 6) is -1.43. The van der Waals surface area contributed by atoms with Gasteiger partial charge in [0.15, 0.2) is 6.29 Å². The molecule has 0 spiro atoms. The minimum absolute atomic E-state index is 0.166. The van der Waals surface area contributed by atoms with Gasteiger partial charge in [-0.05, 0) is 24.6 Å². The van der Waals surface area contributed by atoms with Crippen molar-refractivity contribution in [3.63, 3.8) is 0 Å². The second-order valence-electron chi connectivity index (χ2n) is 5.11. The van der Waals surface area contributed by atoms with Crippen LogP contribution in [0.3, 0.4) is 0 Å². The first-order chi connectivity index (χ1) is 11.0. The maximum Gasteiger partial charge on any atom is 0.252 e. The summed E-state index contributed by atoms with van der Waals surface area (Å²) in [6.07, 6.45) is 0.981. The topological polar surface area (TPSA) is 130 Å². The van der Waals surface area contributed by atoms with E-state index in [-0.39, 0.29) is 29.9 Å². The van der Waals surface area contributed by atoms with Gasteiger partial charge in [-0.2, -0.15) is 0 Å². The van der Waals surface area contributed by atoms with Crippen LogP contribution in [0.15, 0.2) is 18.2 Å². The van der Waals surface area contributed by atoms with Gasteiger partial charge in [-0.1, -0.05) is 0 Å². The second kappa shape index (κ2) is 7.50. The number of nitrogens with two attached hydrogens (primary N) is 1. The molecule has 8 heteroatoms. The van der Waals surface area contributed by atoms with E-state index in [1.165, 1.54) is 6.07 Å². The Kier molecular flexibility index (Phi) is 5.42. The molecule has 1 unspecified atom stereocenters. The summed E-state index contributed by atoms with van der Waals surface area (Å²) in [5, 5.41) is 7.71. The Hall–Kier alpha value is -2.74. The van der Waals surface area contributed by atoms with E-state index in [0.717, 1.165) is 0 Å². The molecule has 3 amide bonds. The molecule has 122 valence electrons. The summed E-state index contributed by atoms with van der Waals surface area (Å²) >= 11 is 0. The lowest BCUT2D eigenvalue weighted by atomic mass is 10.0. The minimum atomic E-state index is -0.783. The number of carbonyl (C=O) groups is 4. The van der Waals surface area contributed by atoms with Crippen LogP contribution in [-0.4, -0.2) is 43.1 Å². The third-order valence-corrected chi connectivity index (χ3v) is 3.44. The Labute approximate surface area is 132 Å². The van der Waals surface area contributed by atoms with Crippen LogP contribution in [0.1, 0.15) is 33.6 Å². The van der Waals surface area contributed by atoms with Crippen LogP contribution in [0.2, 0.25) is 0 Å². The highest BCUT2D eigenvalue weighted by molar-refractivity contribution is 6.06. The minimum Gasteiger partial charge on any atom is -0.384 e. The maximum atomic E-state index is 12.3. The molecular formula is C15H18N4O4. The highest BCUT2D eigenvalue weighted by Gasteiger charge is 2.28. The summed E-state index contributed by atoms with van der Waals surface area (Å²) in [7, 11) is 0. The lowest BCUT2D eigenvalue weighted by molar-refractivity contribution is -0.134. The fourth-order valence-corrected chi connectivity index (χ4v) is 2.26. The molecule has 23 heavy (non-hydrogen) atoms. The van der Waals surface area contributed by atoms with E-state index < -0.39 is 17.9 Å². The summed E-state index contributed by atoms with van der Waals surface area (Å²) in [5.41, 5.74) is 6.44. The molecule has 1 atom stereocenters. The maximum absolute atomic E-state index is 12.3. The van der Waals surface area contributed by atoms with E-state index >= 15 is 0 Å². The first kappa shape index (κ1) is 16.6. The van der Waals surface area contributed by atoms with Crippen LogP contribution < -0.4 is 21.7 Å². The lowest BCUT2D eigenvalue weighted by Gasteiger charge is -2.22. The Morgan fingerprint density at radius 3 is 2.83 bits per heavy atom. The molecule has 0 bridgehead atoms. The van der Waals surface area contributed by atoms with E-state index in [1.807, 2.05) is 0 Å². The lowest BCUT2D eigenvalue weighted by Crippen LogP contribution is -2.52. The molecule has 0 saturated carbocycles. The number of aldehydes is 1.